The van der Waals surface area contributed by atoms with Crippen molar-refractivity contribution in [1.82, 2.24) is 0 Å². The first-order valence-corrected chi connectivity index (χ1v) is 0. The quantitative estimate of drug-likeness (QED) is 0.486. The van der Waals surface area contributed by atoms with Gasteiger partial charge in [0.05, 0.1) is 0 Å². The van der Waals surface area contributed by atoms with Gasteiger partial charge in [0, 0.05) is 17.1 Å². The maximum absolute atomic E-state index is 0. The van der Waals surface area contributed by atoms with Gasteiger partial charge in [0.15, 0.2) is 0 Å². The van der Waals surface area contributed by atoms with Gasteiger partial charge in [-0.25, -0.2) is 0 Å². The predicted molar refractivity (Wildman–Crippen MR) is 27.5 cm³/mol. The Balaban J connectivity index is 0. The summed E-state index contributed by atoms with van der Waals surface area (Å²) >= 11 is 0. The molecule has 0 aliphatic carbocycles. The van der Waals surface area contributed by atoms with E-state index in [0.717, 1.165) is 0 Å². The van der Waals surface area contributed by atoms with Gasteiger partial charge in [-0.15, -0.1) is 0 Å². The van der Waals surface area contributed by atoms with E-state index in [1.165, 1.54) is 0 Å². The van der Waals surface area contributed by atoms with Crippen LogP contribution < -0.4 is 0 Å². The Hall–Kier alpha value is 4.79. The van der Waals surface area contributed by atoms with Crippen molar-refractivity contribution >= 4 is 132 Å². The second-order valence-electron chi connectivity index (χ2n) is 0. The Morgan fingerprint density at radius 1 is 1.20 bits per heavy atom. The summed E-state index contributed by atoms with van der Waals surface area (Å²) in [5.41, 5.74) is 0. The van der Waals surface area contributed by atoms with Crippen LogP contribution in [-0.2, 0) is 17.1 Å². The molecule has 1 nitrogen and oxygen atoms in total. The van der Waals surface area contributed by atoms with E-state index in [4.69, 9.17) is 0 Å². The number of hydrogen-bond donors (Lipinski definition) is 0. The van der Waals surface area contributed by atoms with E-state index < -0.39 is 0 Å². The molecule has 0 rings (SSSR count). The van der Waals surface area contributed by atoms with Gasteiger partial charge in [-0.2, -0.15) is 0 Å². The summed E-state index contributed by atoms with van der Waals surface area (Å²) in [5.74, 6) is 0. The second kappa shape index (κ2) is 23.2. The monoisotopic (exact) mass is 353 g/mol. The summed E-state index contributed by atoms with van der Waals surface area (Å²) in [6.07, 6.45) is 0. The summed E-state index contributed by atoms with van der Waals surface area (Å²) < 4.78 is 0. The van der Waals surface area contributed by atoms with E-state index in [-0.39, 0.29) is 163 Å². The van der Waals surface area contributed by atoms with Crippen LogP contribution in [-0.4, -0.2) is 138 Å². The molecule has 0 aromatic heterocycles. The molecule has 0 saturated heterocycles. The second-order valence-corrected chi connectivity index (χ2v) is 0. The topological polar surface area (TPSA) is 31.5 Å². The Kier molecular flexibility index (Phi) is 153. The minimum atomic E-state index is 0. The third-order valence-corrected chi connectivity index (χ3v) is 0. The molecule has 5 heavy (non-hydrogen) atoms. The molecule has 0 aromatic rings. The first-order valence-electron chi connectivity index (χ1n) is 0. The first kappa shape index (κ1) is 33.0. The number of rotatable bonds is 0. The van der Waals surface area contributed by atoms with Gasteiger partial charge in [0.2, 0.25) is 0 Å². The van der Waals surface area contributed by atoms with Crippen molar-refractivity contribution in [3.05, 3.63) is 0 Å². The van der Waals surface area contributed by atoms with Crippen molar-refractivity contribution in [3.8, 4) is 0 Å². The summed E-state index contributed by atoms with van der Waals surface area (Å²) in [6.45, 7) is 0. The van der Waals surface area contributed by atoms with Crippen molar-refractivity contribution in [1.29, 1.82) is 0 Å². The van der Waals surface area contributed by atoms with Crippen LogP contribution in [0.15, 0.2) is 0 Å². The van der Waals surface area contributed by atoms with E-state index in [9.17, 15) is 0 Å². The Morgan fingerprint density at radius 2 is 1.20 bits per heavy atom. The molecule has 0 spiro atoms. The molecule has 0 saturated carbocycles. The molecule has 0 fully saturated rings. The van der Waals surface area contributed by atoms with Crippen LogP contribution in [0.25, 0.3) is 0 Å². The summed E-state index contributed by atoms with van der Waals surface area (Å²) in [5, 5.41) is 0. The standard InChI is InChI=1S/Ba.Ca.Cu.H2O.Sr.6H/h;;;1H2;;;;;;;/q2*+2;;;+2;6*-1. The zero-order valence-electron chi connectivity index (χ0n) is 8.92. The van der Waals surface area contributed by atoms with Crippen molar-refractivity contribution in [2.75, 3.05) is 0 Å². The number of hydrogen-bond acceptors (Lipinski definition) is 0. The zero-order valence-corrected chi connectivity index (χ0v) is 14.0. The van der Waals surface area contributed by atoms with Gasteiger partial charge in [-0.05, 0) is 0 Å². The van der Waals surface area contributed by atoms with Gasteiger partial charge in [0.1, 0.15) is 0 Å². The van der Waals surface area contributed by atoms with Gasteiger partial charge in [0.25, 0.3) is 0 Å². The van der Waals surface area contributed by atoms with Crippen LogP contribution in [0, 0.1) is 0 Å². The molecule has 0 atom stereocenters. The fourth-order valence-corrected chi connectivity index (χ4v) is 0. The van der Waals surface area contributed by atoms with Crippen LogP contribution in [0.3, 0.4) is 0 Å². The van der Waals surface area contributed by atoms with Crippen LogP contribution in [0.2, 0.25) is 0 Å². The molecule has 31 valence electrons. The fourth-order valence-electron chi connectivity index (χ4n) is 0. The molecule has 0 aliphatic rings. The minimum absolute atomic E-state index is 0. The van der Waals surface area contributed by atoms with E-state index in [2.05, 4.69) is 0 Å². The largest absolute Gasteiger partial charge is 2.00 e. The molecule has 1 radical (unpaired) electrons. The maximum Gasteiger partial charge on any atom is 2.00 e. The Bertz CT molecular complexity index is 22.5. The SMILES string of the molecule is O.[Ba+2].[Ca+2].[Cu].[H-].[H-].[H-].[H-].[H-].[H-].[Sr+2]. The zero-order chi connectivity index (χ0) is 0. The molecule has 0 aliphatic heterocycles. The van der Waals surface area contributed by atoms with Crippen LogP contribution in [0.5, 0.6) is 0 Å². The predicted octanol–water partition coefficient (Wildman–Crippen LogP) is -1.29. The molecular formula is H8BaCaCuOSr. The summed E-state index contributed by atoms with van der Waals surface area (Å²) in [6, 6.07) is 0. The van der Waals surface area contributed by atoms with Crippen LogP contribution >= 0.6 is 0 Å². The fraction of sp³-hybridized carbons (Fsp3) is 0. The van der Waals surface area contributed by atoms with Crippen molar-refractivity contribution < 1.29 is 31.1 Å². The van der Waals surface area contributed by atoms with Gasteiger partial charge < -0.3 is 14.0 Å². The van der Waals surface area contributed by atoms with E-state index >= 15 is 0 Å². The Morgan fingerprint density at radius 3 is 1.20 bits per heavy atom. The molecule has 0 heterocycles. The summed E-state index contributed by atoms with van der Waals surface area (Å²) in [4.78, 5) is 0. The molecule has 0 aromatic carbocycles. The average molecular weight is 353 g/mol. The van der Waals surface area contributed by atoms with Crippen molar-refractivity contribution in [2.45, 2.75) is 0 Å². The first-order chi connectivity index (χ1) is 0. The van der Waals surface area contributed by atoms with E-state index in [1.54, 1.807) is 0 Å². The van der Waals surface area contributed by atoms with Crippen molar-refractivity contribution in [3.63, 3.8) is 0 Å². The smallest absolute Gasteiger partial charge is 1.00 e. The average Bonchev–Trinajstić information content (AvgIpc) is 0. The normalized spacial score (nSPS) is 0. The summed E-state index contributed by atoms with van der Waals surface area (Å²) in [7, 11) is 0. The minimum Gasteiger partial charge on any atom is -1.00 e. The molecule has 0 amide bonds. The molecule has 0 unspecified atom stereocenters. The van der Waals surface area contributed by atoms with Crippen LogP contribution in [0.1, 0.15) is 8.56 Å². The third kappa shape index (κ3) is 17.7. The van der Waals surface area contributed by atoms with E-state index in [0.29, 0.717) is 0 Å². The molecule has 5 heteroatoms. The maximum atomic E-state index is 0. The molecule has 0 bridgehead atoms. The van der Waals surface area contributed by atoms with Gasteiger partial charge in [-0.1, -0.05) is 0 Å². The van der Waals surface area contributed by atoms with Crippen LogP contribution in [0.4, 0.5) is 0 Å². The molecular weight excluding hydrogens is 345 g/mol. The van der Waals surface area contributed by atoms with Gasteiger partial charge in [-0.3, -0.25) is 0 Å². The Labute approximate surface area is 158 Å². The molecule has 2 N–H and O–H groups in total. The van der Waals surface area contributed by atoms with Gasteiger partial charge >= 0.3 is 132 Å². The van der Waals surface area contributed by atoms with E-state index in [1.807, 2.05) is 0 Å². The third-order valence-electron chi connectivity index (χ3n) is 0. The van der Waals surface area contributed by atoms with Crippen molar-refractivity contribution in [2.24, 2.45) is 0 Å².